The lowest BCUT2D eigenvalue weighted by molar-refractivity contribution is -0.135. The van der Waals surface area contributed by atoms with Crippen molar-refractivity contribution in [3.63, 3.8) is 0 Å². The van der Waals surface area contributed by atoms with Gasteiger partial charge in [-0.15, -0.1) is 0 Å². The molecule has 0 saturated carbocycles. The van der Waals surface area contributed by atoms with E-state index in [-0.39, 0.29) is 40.6 Å². The first-order valence-corrected chi connectivity index (χ1v) is 13.3. The van der Waals surface area contributed by atoms with Crippen molar-refractivity contribution in [2.75, 3.05) is 19.6 Å². The van der Waals surface area contributed by atoms with Crippen LogP contribution in [0.2, 0.25) is 0 Å². The van der Waals surface area contributed by atoms with Crippen molar-refractivity contribution < 1.29 is 32.3 Å². The monoisotopic (exact) mass is 543 g/mol. The molecule has 0 aromatic heterocycles. The van der Waals surface area contributed by atoms with Gasteiger partial charge in [0.15, 0.2) is 0 Å². The van der Waals surface area contributed by atoms with Gasteiger partial charge in [-0.3, -0.25) is 9.59 Å². The van der Waals surface area contributed by atoms with Gasteiger partial charge < -0.3 is 15.3 Å². The van der Waals surface area contributed by atoms with Gasteiger partial charge in [0.1, 0.15) is 11.5 Å². The summed E-state index contributed by atoms with van der Waals surface area (Å²) in [6.45, 7) is 6.69. The van der Waals surface area contributed by atoms with Gasteiger partial charge in [0.2, 0.25) is 0 Å². The van der Waals surface area contributed by atoms with Crippen LogP contribution in [0, 0.1) is 11.2 Å². The number of nitrogens with zero attached hydrogens (tertiary/aromatic N) is 1. The Hall–Kier alpha value is -3.99. The molecule has 1 aliphatic heterocycles. The highest BCUT2D eigenvalue weighted by molar-refractivity contribution is 7.90. The predicted octanol–water partition coefficient (Wildman–Crippen LogP) is 2.86. The van der Waals surface area contributed by atoms with Crippen LogP contribution in [0.3, 0.4) is 0 Å². The average molecular weight is 544 g/mol. The third-order valence-electron chi connectivity index (χ3n) is 5.56. The van der Waals surface area contributed by atoms with E-state index in [0.717, 1.165) is 5.56 Å². The summed E-state index contributed by atoms with van der Waals surface area (Å²) >= 11 is 0. The molecule has 2 amide bonds. The number of aliphatic carboxylic acids is 1. The Morgan fingerprint density at radius 1 is 1.00 bits per heavy atom. The highest BCUT2D eigenvalue weighted by Crippen LogP contribution is 2.24. The topological polar surface area (TPSA) is 133 Å². The fourth-order valence-electron chi connectivity index (χ4n) is 3.88. The SMILES string of the molecule is CC(C)(C)CN1CC=CC(C(=O)NS(=O)(=O)c2ccc(CCNC(=O)c3ccc(F)cc3)cc2)=C1C(=O)O. The van der Waals surface area contributed by atoms with Crippen molar-refractivity contribution in [2.24, 2.45) is 5.41 Å². The number of nitrogens with one attached hydrogen (secondary N) is 2. The number of carboxylic acid groups (broad SMARTS) is 1. The predicted molar refractivity (Wildman–Crippen MR) is 139 cm³/mol. The van der Waals surface area contributed by atoms with E-state index in [1.807, 2.05) is 25.5 Å². The summed E-state index contributed by atoms with van der Waals surface area (Å²) in [7, 11) is -4.28. The van der Waals surface area contributed by atoms with Crippen LogP contribution in [-0.2, 0) is 26.0 Å². The molecule has 3 rings (SSSR count). The van der Waals surface area contributed by atoms with E-state index in [0.29, 0.717) is 18.5 Å². The molecule has 0 aliphatic carbocycles. The third-order valence-corrected chi connectivity index (χ3v) is 6.91. The van der Waals surface area contributed by atoms with Gasteiger partial charge in [-0.05, 0) is 59.9 Å². The maximum Gasteiger partial charge on any atom is 0.353 e. The van der Waals surface area contributed by atoms with E-state index >= 15 is 0 Å². The van der Waals surface area contributed by atoms with Crippen molar-refractivity contribution >= 4 is 27.8 Å². The largest absolute Gasteiger partial charge is 0.477 e. The van der Waals surface area contributed by atoms with E-state index in [1.165, 1.54) is 47.4 Å². The molecule has 38 heavy (non-hydrogen) atoms. The zero-order valence-electron chi connectivity index (χ0n) is 21.3. The molecule has 202 valence electrons. The van der Waals surface area contributed by atoms with Crippen LogP contribution in [0.1, 0.15) is 36.7 Å². The molecular formula is C27H30FN3O6S. The first kappa shape index (κ1) is 28.6. The fraction of sp³-hybridized carbons (Fsp3) is 0.296. The summed E-state index contributed by atoms with van der Waals surface area (Å²) in [5.74, 6) is -3.16. The molecule has 0 atom stereocenters. The quantitative estimate of drug-likeness (QED) is 0.443. The first-order chi connectivity index (χ1) is 17.8. The van der Waals surface area contributed by atoms with Gasteiger partial charge in [-0.25, -0.2) is 22.3 Å². The summed E-state index contributed by atoms with van der Waals surface area (Å²) in [5.41, 5.74) is 0.293. The lowest BCUT2D eigenvalue weighted by atomic mass is 9.94. The zero-order valence-corrected chi connectivity index (χ0v) is 22.1. The highest BCUT2D eigenvalue weighted by Gasteiger charge is 2.31. The van der Waals surface area contributed by atoms with E-state index in [9.17, 15) is 32.3 Å². The molecule has 3 N–H and O–H groups in total. The van der Waals surface area contributed by atoms with Gasteiger partial charge in [-0.1, -0.05) is 39.0 Å². The standard InChI is InChI=1S/C27H30FN3O6S/c1-27(2,3)17-31-16-4-5-22(23(31)26(34)35)25(33)30-38(36,37)21-12-6-18(7-13-21)14-15-29-24(32)19-8-10-20(28)11-9-19/h4-13H,14-17H2,1-3H3,(H,29,32)(H,30,33)(H,34,35). The summed E-state index contributed by atoms with van der Waals surface area (Å²) in [6, 6.07) is 10.9. The van der Waals surface area contributed by atoms with Gasteiger partial charge in [0.25, 0.3) is 21.8 Å². The number of carbonyl (C=O) groups is 3. The van der Waals surface area contributed by atoms with Crippen LogP contribution in [0.4, 0.5) is 4.39 Å². The molecule has 0 bridgehead atoms. The van der Waals surface area contributed by atoms with Gasteiger partial charge >= 0.3 is 5.97 Å². The lowest BCUT2D eigenvalue weighted by Gasteiger charge is -2.33. The second-order valence-electron chi connectivity index (χ2n) is 10.0. The number of carbonyl (C=O) groups excluding carboxylic acids is 2. The Kier molecular flexibility index (Phi) is 8.72. The van der Waals surface area contributed by atoms with Crippen molar-refractivity contribution in [1.29, 1.82) is 0 Å². The second-order valence-corrected chi connectivity index (χ2v) is 11.7. The highest BCUT2D eigenvalue weighted by atomic mass is 32.2. The Bertz CT molecular complexity index is 1380. The number of halogens is 1. The number of hydrogen-bond acceptors (Lipinski definition) is 6. The molecule has 0 saturated heterocycles. The normalized spacial score (nSPS) is 13.8. The Balaban J connectivity index is 1.66. The van der Waals surface area contributed by atoms with Crippen LogP contribution in [-0.4, -0.2) is 55.8 Å². The first-order valence-electron chi connectivity index (χ1n) is 11.9. The van der Waals surface area contributed by atoms with Crippen LogP contribution in [0.15, 0.2) is 76.8 Å². The smallest absolute Gasteiger partial charge is 0.353 e. The molecule has 2 aromatic carbocycles. The zero-order chi connectivity index (χ0) is 28.1. The molecule has 0 fully saturated rings. The Labute approximate surface area is 221 Å². The minimum atomic E-state index is -4.28. The summed E-state index contributed by atoms with van der Waals surface area (Å²) in [5, 5.41) is 12.5. The molecule has 9 nitrogen and oxygen atoms in total. The van der Waals surface area contributed by atoms with Crippen molar-refractivity contribution in [1.82, 2.24) is 14.9 Å². The van der Waals surface area contributed by atoms with E-state index < -0.39 is 27.7 Å². The summed E-state index contributed by atoms with van der Waals surface area (Å²) in [4.78, 5) is 38.3. The molecule has 2 aromatic rings. The number of amides is 2. The number of hydrogen-bond donors (Lipinski definition) is 3. The number of sulfonamides is 1. The van der Waals surface area contributed by atoms with Crippen molar-refractivity contribution in [3.8, 4) is 0 Å². The maximum absolute atomic E-state index is 13.0. The Morgan fingerprint density at radius 2 is 1.63 bits per heavy atom. The summed E-state index contributed by atoms with van der Waals surface area (Å²) < 4.78 is 40.6. The second kappa shape index (κ2) is 11.6. The van der Waals surface area contributed by atoms with Gasteiger partial charge in [0.05, 0.1) is 10.5 Å². The van der Waals surface area contributed by atoms with Crippen molar-refractivity contribution in [2.45, 2.75) is 32.1 Å². The van der Waals surface area contributed by atoms with Crippen LogP contribution in [0.5, 0.6) is 0 Å². The molecule has 0 spiro atoms. The minimum absolute atomic E-state index is 0.172. The van der Waals surface area contributed by atoms with Gasteiger partial charge in [-0.2, -0.15) is 0 Å². The number of benzene rings is 2. The molecule has 0 radical (unpaired) electrons. The van der Waals surface area contributed by atoms with E-state index in [4.69, 9.17) is 0 Å². The van der Waals surface area contributed by atoms with Crippen LogP contribution < -0.4 is 10.0 Å². The van der Waals surface area contributed by atoms with Crippen molar-refractivity contribution in [3.05, 3.63) is 88.9 Å². The molecule has 0 unspecified atom stereocenters. The van der Waals surface area contributed by atoms with Crippen LogP contribution >= 0.6 is 0 Å². The van der Waals surface area contributed by atoms with Gasteiger partial charge in [0, 0.05) is 25.2 Å². The number of carboxylic acids is 1. The molecule has 1 aliphatic rings. The average Bonchev–Trinajstić information content (AvgIpc) is 2.83. The van der Waals surface area contributed by atoms with E-state index in [2.05, 4.69) is 5.32 Å². The number of rotatable bonds is 9. The van der Waals surface area contributed by atoms with Crippen LogP contribution in [0.25, 0.3) is 0 Å². The fourth-order valence-corrected chi connectivity index (χ4v) is 4.85. The minimum Gasteiger partial charge on any atom is -0.477 e. The third kappa shape index (κ3) is 7.51. The van der Waals surface area contributed by atoms with E-state index in [1.54, 1.807) is 18.2 Å². The Morgan fingerprint density at radius 3 is 2.21 bits per heavy atom. The lowest BCUT2D eigenvalue weighted by Crippen LogP contribution is -2.40. The maximum atomic E-state index is 13.0. The molecule has 1 heterocycles. The molecule has 11 heteroatoms. The summed E-state index contributed by atoms with van der Waals surface area (Å²) in [6.07, 6.45) is 3.34. The molecular weight excluding hydrogens is 513 g/mol.